The molecule has 0 saturated carbocycles. The lowest BCUT2D eigenvalue weighted by molar-refractivity contribution is -0.771. The van der Waals surface area contributed by atoms with Gasteiger partial charge in [0.05, 0.1) is 5.54 Å². The van der Waals surface area contributed by atoms with Gasteiger partial charge in [0.25, 0.3) is 0 Å². The van der Waals surface area contributed by atoms with Crippen molar-refractivity contribution in [2.75, 3.05) is 5.73 Å². The summed E-state index contributed by atoms with van der Waals surface area (Å²) in [7, 11) is 0. The second kappa shape index (κ2) is 2.58. The summed E-state index contributed by atoms with van der Waals surface area (Å²) in [5.74, 6) is 0.139. The predicted octanol–water partition coefficient (Wildman–Crippen LogP) is -0.605. The molecule has 0 aromatic carbocycles. The molecule has 0 unspecified atom stereocenters. The van der Waals surface area contributed by atoms with E-state index in [0.717, 1.165) is 0 Å². The van der Waals surface area contributed by atoms with Gasteiger partial charge in [-0.1, -0.05) is 4.98 Å². The van der Waals surface area contributed by atoms with Crippen LogP contribution >= 0.6 is 0 Å². The molecule has 0 bridgehead atoms. The summed E-state index contributed by atoms with van der Waals surface area (Å²) < 4.78 is 1.49. The van der Waals surface area contributed by atoms with Gasteiger partial charge in [0.15, 0.2) is 0 Å². The van der Waals surface area contributed by atoms with Gasteiger partial charge < -0.3 is 5.73 Å². The molecule has 66 valence electrons. The largest absolute Gasteiger partial charge is 0.444 e. The first-order chi connectivity index (χ1) is 5.41. The lowest BCUT2D eigenvalue weighted by atomic mass is 10.1. The van der Waals surface area contributed by atoms with Gasteiger partial charge in [-0.3, -0.25) is 0 Å². The predicted molar refractivity (Wildman–Crippen MR) is 44.5 cm³/mol. The minimum atomic E-state index is -0.270. The van der Waals surface area contributed by atoms with Crippen LogP contribution in [0.15, 0.2) is 11.1 Å². The number of nitrogens with two attached hydrogens (primary N) is 1. The van der Waals surface area contributed by atoms with Gasteiger partial charge in [0.2, 0.25) is 6.33 Å². The molecule has 3 N–H and O–H groups in total. The molecule has 12 heavy (non-hydrogen) atoms. The van der Waals surface area contributed by atoms with Crippen LogP contribution in [-0.4, -0.2) is 9.97 Å². The van der Waals surface area contributed by atoms with Crippen LogP contribution in [0.25, 0.3) is 0 Å². The van der Waals surface area contributed by atoms with Crippen LogP contribution in [0.4, 0.5) is 5.95 Å². The van der Waals surface area contributed by atoms with Crippen molar-refractivity contribution in [1.82, 2.24) is 9.97 Å². The van der Waals surface area contributed by atoms with Crippen molar-refractivity contribution in [2.24, 2.45) is 0 Å². The number of aromatic nitrogens is 3. The molecular weight excluding hydrogens is 156 g/mol. The fourth-order valence-electron chi connectivity index (χ4n) is 0.852. The van der Waals surface area contributed by atoms with Crippen molar-refractivity contribution in [3.63, 3.8) is 0 Å². The lowest BCUT2D eigenvalue weighted by Gasteiger charge is -2.14. The molecule has 1 heterocycles. The SMILES string of the molecule is CC(C)(C)[n+]1cnc(N)[nH]c1=O. The second-order valence-corrected chi connectivity index (χ2v) is 3.60. The van der Waals surface area contributed by atoms with Gasteiger partial charge in [-0.05, 0) is 20.8 Å². The maximum absolute atomic E-state index is 11.3. The molecule has 0 spiro atoms. The standard InChI is InChI=1S/C7H12N4O/c1-7(2,3)11-4-9-5(8)10-6(11)12/h4H,1-3H3,(H2,8,10,12)/p+1. The highest BCUT2D eigenvalue weighted by molar-refractivity contribution is 5.07. The average Bonchev–Trinajstić information content (AvgIpc) is 1.83. The lowest BCUT2D eigenvalue weighted by Crippen LogP contribution is -2.62. The number of H-pyrrole nitrogens is 1. The zero-order valence-corrected chi connectivity index (χ0v) is 7.46. The maximum atomic E-state index is 11.3. The number of aromatic amines is 1. The first kappa shape index (κ1) is 8.70. The van der Waals surface area contributed by atoms with E-state index in [0.29, 0.717) is 0 Å². The average molecular weight is 169 g/mol. The molecule has 1 rings (SSSR count). The molecule has 0 aliphatic carbocycles. The van der Waals surface area contributed by atoms with E-state index < -0.39 is 0 Å². The minimum Gasteiger partial charge on any atom is -0.342 e. The number of nitrogen functional groups attached to an aromatic ring is 1. The number of rotatable bonds is 0. The Hall–Kier alpha value is -1.39. The van der Waals surface area contributed by atoms with Crippen molar-refractivity contribution in [3.05, 3.63) is 16.8 Å². The Morgan fingerprint density at radius 3 is 2.58 bits per heavy atom. The fraction of sp³-hybridized carbons (Fsp3) is 0.571. The summed E-state index contributed by atoms with van der Waals surface area (Å²) in [6, 6.07) is 0. The zero-order valence-electron chi connectivity index (χ0n) is 7.46. The van der Waals surface area contributed by atoms with E-state index in [1.807, 2.05) is 20.8 Å². The van der Waals surface area contributed by atoms with E-state index in [2.05, 4.69) is 9.97 Å². The van der Waals surface area contributed by atoms with Crippen molar-refractivity contribution in [3.8, 4) is 0 Å². The van der Waals surface area contributed by atoms with Gasteiger partial charge in [0.1, 0.15) is 0 Å². The Labute approximate surface area is 70.3 Å². The van der Waals surface area contributed by atoms with Crippen molar-refractivity contribution >= 4 is 5.95 Å². The molecule has 5 heteroatoms. The first-order valence-corrected chi connectivity index (χ1v) is 3.68. The molecular formula is C7H13N4O+. The number of hydrogen-bond donors (Lipinski definition) is 2. The minimum absolute atomic E-state index is 0.139. The highest BCUT2D eigenvalue weighted by Gasteiger charge is 2.20. The summed E-state index contributed by atoms with van der Waals surface area (Å²) >= 11 is 0. The molecule has 1 aromatic rings. The van der Waals surface area contributed by atoms with Crippen molar-refractivity contribution in [1.29, 1.82) is 0 Å². The fourth-order valence-corrected chi connectivity index (χ4v) is 0.852. The van der Waals surface area contributed by atoms with E-state index in [1.54, 1.807) is 0 Å². The molecule has 0 aliphatic rings. The van der Waals surface area contributed by atoms with Gasteiger partial charge >= 0.3 is 11.6 Å². The van der Waals surface area contributed by atoms with Crippen LogP contribution < -0.4 is 16.0 Å². The number of nitrogens with one attached hydrogen (secondary N) is 1. The number of hydrogen-bond acceptors (Lipinski definition) is 3. The Kier molecular flexibility index (Phi) is 1.87. The normalized spacial score (nSPS) is 11.6. The molecule has 0 amide bonds. The number of nitrogens with zero attached hydrogens (tertiary/aromatic N) is 2. The Bertz CT molecular complexity index is 336. The molecule has 5 nitrogen and oxygen atoms in total. The van der Waals surface area contributed by atoms with Crippen LogP contribution in [0.1, 0.15) is 20.8 Å². The Morgan fingerprint density at radius 1 is 1.58 bits per heavy atom. The highest BCUT2D eigenvalue weighted by atomic mass is 16.1. The van der Waals surface area contributed by atoms with Crippen LogP contribution in [-0.2, 0) is 5.54 Å². The van der Waals surface area contributed by atoms with Crippen LogP contribution in [0.5, 0.6) is 0 Å². The zero-order chi connectivity index (χ0) is 9.35. The van der Waals surface area contributed by atoms with Crippen LogP contribution in [0.2, 0.25) is 0 Å². The van der Waals surface area contributed by atoms with Gasteiger partial charge in [-0.25, -0.2) is 4.79 Å². The first-order valence-electron chi connectivity index (χ1n) is 3.68. The third-order valence-electron chi connectivity index (χ3n) is 1.49. The third kappa shape index (κ3) is 1.61. The monoisotopic (exact) mass is 169 g/mol. The van der Waals surface area contributed by atoms with Gasteiger partial charge in [-0.2, -0.15) is 9.55 Å². The second-order valence-electron chi connectivity index (χ2n) is 3.60. The van der Waals surface area contributed by atoms with Crippen molar-refractivity contribution in [2.45, 2.75) is 26.3 Å². The van der Waals surface area contributed by atoms with E-state index in [9.17, 15) is 4.79 Å². The third-order valence-corrected chi connectivity index (χ3v) is 1.49. The molecule has 0 fully saturated rings. The van der Waals surface area contributed by atoms with E-state index in [4.69, 9.17) is 5.73 Å². The summed E-state index contributed by atoms with van der Waals surface area (Å²) in [4.78, 5) is 17.5. The Morgan fingerprint density at radius 2 is 2.17 bits per heavy atom. The smallest absolute Gasteiger partial charge is 0.342 e. The molecule has 0 atom stereocenters. The maximum Gasteiger partial charge on any atom is 0.444 e. The van der Waals surface area contributed by atoms with E-state index >= 15 is 0 Å². The number of anilines is 1. The van der Waals surface area contributed by atoms with Gasteiger partial charge in [0, 0.05) is 0 Å². The highest BCUT2D eigenvalue weighted by Crippen LogP contribution is 1.99. The van der Waals surface area contributed by atoms with Gasteiger partial charge in [-0.15, -0.1) is 0 Å². The summed E-state index contributed by atoms with van der Waals surface area (Å²) in [5.41, 5.74) is 4.78. The molecule has 0 saturated heterocycles. The molecule has 0 aliphatic heterocycles. The molecule has 0 radical (unpaired) electrons. The van der Waals surface area contributed by atoms with E-state index in [-0.39, 0.29) is 17.2 Å². The summed E-state index contributed by atoms with van der Waals surface area (Å²) in [5, 5.41) is 0. The van der Waals surface area contributed by atoms with Crippen molar-refractivity contribution < 1.29 is 4.57 Å². The summed E-state index contributed by atoms with van der Waals surface area (Å²) in [6.07, 6.45) is 1.44. The molecule has 1 aromatic heterocycles. The quantitative estimate of drug-likeness (QED) is 0.509. The van der Waals surface area contributed by atoms with Crippen LogP contribution in [0, 0.1) is 0 Å². The Balaban J connectivity index is 3.29. The van der Waals surface area contributed by atoms with Crippen LogP contribution in [0.3, 0.4) is 0 Å². The topological polar surface area (TPSA) is 75.7 Å². The van der Waals surface area contributed by atoms with E-state index in [1.165, 1.54) is 10.9 Å². The summed E-state index contributed by atoms with van der Waals surface area (Å²) in [6.45, 7) is 5.75.